The van der Waals surface area contributed by atoms with Crippen LogP contribution < -0.4 is 9.80 Å². The summed E-state index contributed by atoms with van der Waals surface area (Å²) in [6, 6.07) is 177. The minimum Gasteiger partial charge on any atom is -0.310 e. The van der Waals surface area contributed by atoms with E-state index >= 15 is 0 Å². The fraction of sp³-hybridized carbons (Fsp3) is 0.0317. The van der Waals surface area contributed by atoms with E-state index in [1.54, 1.807) is 0 Å². The highest BCUT2D eigenvalue weighted by molar-refractivity contribution is 6.13. The molecule has 0 radical (unpaired) electrons. The fourth-order valence-corrected chi connectivity index (χ4v) is 22.5. The lowest BCUT2D eigenvalue weighted by atomic mass is 9.70. The molecular weight excluding hydrogens is 1570 g/mol. The van der Waals surface area contributed by atoms with Crippen LogP contribution >= 0.6 is 0 Å². The molecule has 0 bridgehead atoms. The molecule has 3 aliphatic rings. The van der Waals surface area contributed by atoms with Crippen molar-refractivity contribution in [1.29, 1.82) is 0 Å². The summed E-state index contributed by atoms with van der Waals surface area (Å²) < 4.78 is 4.83. The van der Waals surface area contributed by atoms with E-state index < -0.39 is 5.41 Å². The maximum Gasteiger partial charge on any atom is 0.0726 e. The molecule has 0 amide bonds. The predicted molar refractivity (Wildman–Crippen MR) is 546 cm³/mol. The van der Waals surface area contributed by atoms with E-state index in [1.807, 2.05) is 0 Å². The van der Waals surface area contributed by atoms with Gasteiger partial charge in [0.15, 0.2) is 0 Å². The largest absolute Gasteiger partial charge is 0.310 e. The number of hydrogen-bond acceptors (Lipinski definition) is 2. The Hall–Kier alpha value is -16.7. The zero-order chi connectivity index (χ0) is 85.9. The number of anilines is 6. The van der Waals surface area contributed by atoms with Crippen molar-refractivity contribution in [2.45, 2.75) is 24.7 Å². The second-order valence-corrected chi connectivity index (χ2v) is 35.8. The molecule has 3 aliphatic carbocycles. The Morgan fingerprint density at radius 1 is 0.177 bits per heavy atom. The molecule has 0 aliphatic heterocycles. The molecule has 0 saturated carbocycles. The van der Waals surface area contributed by atoms with Gasteiger partial charge < -0.3 is 18.9 Å². The summed E-state index contributed by atoms with van der Waals surface area (Å²) in [4.78, 5) is 4.94. The maximum atomic E-state index is 2.51. The Kier molecular flexibility index (Phi) is 17.0. The molecule has 1 spiro atoms. The second kappa shape index (κ2) is 29.5. The average Bonchev–Trinajstić information content (AvgIpc) is 1.51. The lowest BCUT2D eigenvalue weighted by Crippen LogP contribution is -2.26. The summed E-state index contributed by atoms with van der Waals surface area (Å²) in [6.07, 6.45) is 0. The number of benzene rings is 21. The minimum atomic E-state index is -0.524. The van der Waals surface area contributed by atoms with Crippen molar-refractivity contribution in [1.82, 2.24) is 9.13 Å². The molecule has 0 atom stereocenters. The van der Waals surface area contributed by atoms with Crippen molar-refractivity contribution >= 4 is 99.3 Å². The van der Waals surface area contributed by atoms with E-state index in [1.165, 1.54) is 165 Å². The highest BCUT2D eigenvalue weighted by atomic mass is 15.1. The van der Waals surface area contributed by atoms with Crippen molar-refractivity contribution in [3.63, 3.8) is 0 Å². The molecule has 0 N–H and O–H groups in total. The number of fused-ring (bicyclic) bond motifs is 21. The van der Waals surface area contributed by atoms with Gasteiger partial charge >= 0.3 is 0 Å². The number of hydrogen-bond donors (Lipinski definition) is 0. The van der Waals surface area contributed by atoms with Gasteiger partial charge in [-0.25, -0.2) is 0 Å². The number of nitrogens with zero attached hydrogens (tertiary/aromatic N) is 4. The van der Waals surface area contributed by atoms with Gasteiger partial charge in [-0.15, -0.1) is 0 Å². The first-order valence-electron chi connectivity index (χ1n) is 45.2. The van der Waals surface area contributed by atoms with E-state index in [9.17, 15) is 0 Å². The van der Waals surface area contributed by atoms with Crippen molar-refractivity contribution in [3.05, 3.63) is 507 Å². The fourth-order valence-electron chi connectivity index (χ4n) is 22.5. The first kappa shape index (κ1) is 74.7. The Balaban J connectivity index is 0.555. The highest BCUT2D eigenvalue weighted by Gasteiger charge is 2.52. The Bertz CT molecular complexity index is 8520. The van der Waals surface area contributed by atoms with Crippen molar-refractivity contribution in [2.75, 3.05) is 9.80 Å². The monoisotopic (exact) mass is 1650 g/mol. The van der Waals surface area contributed by atoms with E-state index in [-0.39, 0.29) is 5.41 Å². The molecule has 0 fully saturated rings. The van der Waals surface area contributed by atoms with Crippen LogP contribution in [0.2, 0.25) is 0 Å². The topological polar surface area (TPSA) is 16.3 Å². The van der Waals surface area contributed by atoms with Crippen LogP contribution in [0, 0.1) is 0 Å². The molecule has 4 heteroatoms. The van der Waals surface area contributed by atoms with Crippen molar-refractivity contribution in [2.24, 2.45) is 0 Å². The number of rotatable bonds is 14. The maximum absolute atomic E-state index is 2.51. The third-order valence-corrected chi connectivity index (χ3v) is 28.5. The third-order valence-electron chi connectivity index (χ3n) is 28.5. The zero-order valence-corrected chi connectivity index (χ0v) is 71.8. The number of aromatic nitrogens is 2. The normalized spacial score (nSPS) is 13.0. The Morgan fingerprint density at radius 2 is 0.523 bits per heavy atom. The van der Waals surface area contributed by atoms with Crippen LogP contribution in [0.3, 0.4) is 0 Å². The number of para-hydroxylation sites is 3. The lowest BCUT2D eigenvalue weighted by molar-refractivity contribution is 0.660. The van der Waals surface area contributed by atoms with Crippen molar-refractivity contribution in [3.8, 4) is 112 Å². The van der Waals surface area contributed by atoms with Gasteiger partial charge in [0.05, 0.1) is 33.2 Å². The molecule has 0 saturated heterocycles. The molecule has 130 heavy (non-hydrogen) atoms. The molecule has 4 nitrogen and oxygen atoms in total. The van der Waals surface area contributed by atoms with Crippen LogP contribution in [0.25, 0.3) is 177 Å². The van der Waals surface area contributed by atoms with Gasteiger partial charge in [0.2, 0.25) is 0 Å². The van der Waals surface area contributed by atoms with E-state index in [2.05, 4.69) is 506 Å². The summed E-state index contributed by atoms with van der Waals surface area (Å²) in [6.45, 7) is 4.75. The van der Waals surface area contributed by atoms with Crippen LogP contribution in [0.5, 0.6) is 0 Å². The molecule has 21 aromatic carbocycles. The molecular formula is C126H84N4. The van der Waals surface area contributed by atoms with Gasteiger partial charge in [0.25, 0.3) is 0 Å². The van der Waals surface area contributed by atoms with Gasteiger partial charge in [-0.05, 0) is 295 Å². The van der Waals surface area contributed by atoms with Gasteiger partial charge in [-0.3, -0.25) is 0 Å². The Morgan fingerprint density at radius 3 is 1.09 bits per heavy atom. The quantitative estimate of drug-likeness (QED) is 0.108. The van der Waals surface area contributed by atoms with Gasteiger partial charge in [-0.1, -0.05) is 341 Å². The van der Waals surface area contributed by atoms with E-state index in [4.69, 9.17) is 0 Å². The van der Waals surface area contributed by atoms with Crippen LogP contribution in [0.1, 0.15) is 47.2 Å². The van der Waals surface area contributed by atoms with E-state index in [0.29, 0.717) is 0 Å². The van der Waals surface area contributed by atoms with Crippen LogP contribution in [-0.2, 0) is 10.8 Å². The first-order chi connectivity index (χ1) is 64.2. The van der Waals surface area contributed by atoms with Crippen LogP contribution in [0.4, 0.5) is 34.1 Å². The zero-order valence-electron chi connectivity index (χ0n) is 71.8. The summed E-state index contributed by atoms with van der Waals surface area (Å²) in [7, 11) is 0. The lowest BCUT2D eigenvalue weighted by Gasteiger charge is -2.32. The standard InChI is InChI=1S/C126H84N4/c1-125(2)114-47-14-8-40-103(114)107-68-66-99(79-118(107)125)127(97-37-22-33-89(74-97)86-30-21-32-88(73-86)93-61-71-124-113(78-93)110-45-13-19-52-122(110)130(124)120-53-25-28-82-26-6-7-39-102(82)120)95-62-56-81(57-63-95)91-55-54-83-27-24-46-101(111(83)76-91)84-58-64-96(65-59-84)128(100-67-69-108-106-43-11-17-50-117(106)126(119(108)80-100)115-48-15-9-41-104(115)105-42-10-16-49-116(105)126)98-38-23-34-90(75-98)85-29-20-31-87(72-85)92-60-70-123-112(77-92)109-44-12-18-51-121(109)129(123)94-35-4-3-5-36-94/h3-80H,1-2H3. The molecule has 2 aromatic heterocycles. The first-order valence-corrected chi connectivity index (χ1v) is 45.2. The molecule has 2 heterocycles. The average molecular weight is 1650 g/mol. The molecule has 608 valence electrons. The minimum absolute atomic E-state index is 0.196. The summed E-state index contributed by atoms with van der Waals surface area (Å²) in [5.41, 5.74) is 42.4. The van der Waals surface area contributed by atoms with Gasteiger partial charge in [0.1, 0.15) is 0 Å². The van der Waals surface area contributed by atoms with Gasteiger partial charge in [0, 0.05) is 72.2 Å². The third kappa shape index (κ3) is 11.6. The van der Waals surface area contributed by atoms with Crippen LogP contribution in [-0.4, -0.2) is 9.13 Å². The predicted octanol–water partition coefficient (Wildman–Crippen LogP) is 33.8. The summed E-state index contributed by atoms with van der Waals surface area (Å²) >= 11 is 0. The molecule has 26 rings (SSSR count). The van der Waals surface area contributed by atoms with Crippen LogP contribution in [0.15, 0.2) is 473 Å². The van der Waals surface area contributed by atoms with E-state index in [0.717, 1.165) is 78.8 Å². The summed E-state index contributed by atoms with van der Waals surface area (Å²) in [5, 5.41) is 9.77. The van der Waals surface area contributed by atoms with Crippen molar-refractivity contribution < 1.29 is 0 Å². The Labute approximate surface area is 755 Å². The summed E-state index contributed by atoms with van der Waals surface area (Å²) in [5.74, 6) is 0. The highest BCUT2D eigenvalue weighted by Crippen LogP contribution is 2.64. The van der Waals surface area contributed by atoms with Gasteiger partial charge in [-0.2, -0.15) is 0 Å². The SMILES string of the molecule is CC1(C)c2ccccc2-c2ccc(N(c3ccc(-c4ccc5cccc(-c6ccc(N(c7cccc(-c8cccc(-c9ccc%10c(c9)c9ccccc9n%10-c9ccccc9)c8)c7)c7ccc8c(c7)C7(c9ccccc9-c9ccccc97)c7ccccc7-8)cc6)c5c4)cc3)c3cccc(-c4cccc(-c5ccc6c(c5)c5ccccc5n6-c5cccc6ccccc56)c4)c3)cc21. The molecule has 0 unspecified atom stereocenters. The molecule has 23 aromatic rings. The second-order valence-electron chi connectivity index (χ2n) is 35.8. The smallest absolute Gasteiger partial charge is 0.0726 e.